The van der Waals surface area contributed by atoms with Crippen LogP contribution in [0.15, 0.2) is 0 Å². The standard InChI is InChI=1S/C11H24N2O/c1-4-6-7-8-10(12)11(14)13(3)9-5-2/h10H,4-9,12H2,1-3H3. The van der Waals surface area contributed by atoms with E-state index < -0.39 is 0 Å². The lowest BCUT2D eigenvalue weighted by atomic mass is 10.1. The molecular formula is C11H24N2O. The molecule has 0 heterocycles. The van der Waals surface area contributed by atoms with Gasteiger partial charge in [0.25, 0.3) is 0 Å². The maximum Gasteiger partial charge on any atom is 0.239 e. The molecule has 0 spiro atoms. The van der Waals surface area contributed by atoms with E-state index in [1.54, 1.807) is 4.90 Å². The molecule has 2 N–H and O–H groups in total. The highest BCUT2D eigenvalue weighted by Gasteiger charge is 2.16. The summed E-state index contributed by atoms with van der Waals surface area (Å²) in [5, 5.41) is 0. The molecule has 14 heavy (non-hydrogen) atoms. The van der Waals surface area contributed by atoms with Gasteiger partial charge in [-0.05, 0) is 12.8 Å². The van der Waals surface area contributed by atoms with Gasteiger partial charge in [0.2, 0.25) is 5.91 Å². The summed E-state index contributed by atoms with van der Waals surface area (Å²) in [7, 11) is 1.82. The van der Waals surface area contributed by atoms with Gasteiger partial charge in [-0.1, -0.05) is 33.1 Å². The number of nitrogens with zero attached hydrogens (tertiary/aromatic N) is 1. The first-order valence-corrected chi connectivity index (χ1v) is 5.64. The van der Waals surface area contributed by atoms with E-state index in [-0.39, 0.29) is 11.9 Å². The van der Waals surface area contributed by atoms with Crippen molar-refractivity contribution in [3.63, 3.8) is 0 Å². The van der Waals surface area contributed by atoms with Gasteiger partial charge >= 0.3 is 0 Å². The summed E-state index contributed by atoms with van der Waals surface area (Å²) >= 11 is 0. The fourth-order valence-corrected chi connectivity index (χ4v) is 1.47. The molecule has 0 aromatic rings. The third-order valence-electron chi connectivity index (χ3n) is 2.37. The van der Waals surface area contributed by atoms with E-state index >= 15 is 0 Å². The highest BCUT2D eigenvalue weighted by atomic mass is 16.2. The van der Waals surface area contributed by atoms with Crippen LogP contribution in [0.3, 0.4) is 0 Å². The molecule has 3 nitrogen and oxygen atoms in total. The van der Waals surface area contributed by atoms with Crippen molar-refractivity contribution < 1.29 is 4.79 Å². The van der Waals surface area contributed by atoms with Crippen LogP contribution in [0.1, 0.15) is 46.0 Å². The number of likely N-dealkylation sites (N-methyl/N-ethyl adjacent to an activating group) is 1. The minimum atomic E-state index is -0.293. The highest BCUT2D eigenvalue weighted by Crippen LogP contribution is 2.04. The van der Waals surface area contributed by atoms with Gasteiger partial charge in [0.05, 0.1) is 6.04 Å². The van der Waals surface area contributed by atoms with Gasteiger partial charge in [0.15, 0.2) is 0 Å². The third-order valence-corrected chi connectivity index (χ3v) is 2.37. The fraction of sp³-hybridized carbons (Fsp3) is 0.909. The van der Waals surface area contributed by atoms with Gasteiger partial charge in [-0.15, -0.1) is 0 Å². The molecule has 3 heteroatoms. The van der Waals surface area contributed by atoms with Crippen LogP contribution in [0.4, 0.5) is 0 Å². The molecule has 0 fully saturated rings. The van der Waals surface area contributed by atoms with Crippen LogP contribution in [0.5, 0.6) is 0 Å². The van der Waals surface area contributed by atoms with E-state index in [0.717, 1.165) is 25.8 Å². The molecule has 0 bridgehead atoms. The number of amides is 1. The SMILES string of the molecule is CCCCCC(N)C(=O)N(C)CCC. The van der Waals surface area contributed by atoms with Gasteiger partial charge < -0.3 is 10.6 Å². The first-order chi connectivity index (χ1) is 6.63. The second-order valence-electron chi connectivity index (χ2n) is 3.86. The average molecular weight is 200 g/mol. The molecule has 0 aliphatic heterocycles. The number of hydrogen-bond donors (Lipinski definition) is 1. The summed E-state index contributed by atoms with van der Waals surface area (Å²) < 4.78 is 0. The molecule has 0 rings (SSSR count). The fourth-order valence-electron chi connectivity index (χ4n) is 1.47. The Morgan fingerprint density at radius 2 is 1.93 bits per heavy atom. The van der Waals surface area contributed by atoms with E-state index in [1.165, 1.54) is 12.8 Å². The summed E-state index contributed by atoms with van der Waals surface area (Å²) in [6.45, 7) is 5.02. The van der Waals surface area contributed by atoms with Crippen LogP contribution in [-0.2, 0) is 4.79 Å². The molecule has 0 aliphatic rings. The van der Waals surface area contributed by atoms with Gasteiger partial charge in [-0.2, -0.15) is 0 Å². The molecule has 0 aliphatic carbocycles. The topological polar surface area (TPSA) is 46.3 Å². The molecule has 84 valence electrons. The Labute approximate surface area is 87.6 Å². The number of nitrogens with two attached hydrogens (primary N) is 1. The summed E-state index contributed by atoms with van der Waals surface area (Å²) in [6.07, 6.45) is 5.21. The smallest absolute Gasteiger partial charge is 0.239 e. The first kappa shape index (κ1) is 13.4. The molecular weight excluding hydrogens is 176 g/mol. The van der Waals surface area contributed by atoms with Crippen LogP contribution in [0, 0.1) is 0 Å². The molecule has 0 saturated carbocycles. The average Bonchev–Trinajstić information content (AvgIpc) is 2.17. The predicted octanol–water partition coefficient (Wildman–Crippen LogP) is 1.76. The van der Waals surface area contributed by atoms with Crippen molar-refractivity contribution in [2.75, 3.05) is 13.6 Å². The van der Waals surface area contributed by atoms with Crippen LogP contribution in [-0.4, -0.2) is 30.4 Å². The molecule has 1 amide bonds. The third kappa shape index (κ3) is 5.22. The minimum Gasteiger partial charge on any atom is -0.344 e. The summed E-state index contributed by atoms with van der Waals surface area (Å²) in [6, 6.07) is -0.293. The lowest BCUT2D eigenvalue weighted by Gasteiger charge is -2.20. The van der Waals surface area contributed by atoms with Gasteiger partial charge in [0, 0.05) is 13.6 Å². The number of carbonyl (C=O) groups is 1. The van der Waals surface area contributed by atoms with Crippen molar-refractivity contribution in [2.45, 2.75) is 52.0 Å². The Hall–Kier alpha value is -0.570. The summed E-state index contributed by atoms with van der Waals surface area (Å²) in [4.78, 5) is 13.4. The Morgan fingerprint density at radius 3 is 2.43 bits per heavy atom. The van der Waals surface area contributed by atoms with Crippen LogP contribution < -0.4 is 5.73 Å². The Balaban J connectivity index is 3.74. The highest BCUT2D eigenvalue weighted by molar-refractivity contribution is 5.81. The molecule has 0 radical (unpaired) electrons. The Bertz CT molecular complexity index is 159. The maximum atomic E-state index is 11.6. The minimum absolute atomic E-state index is 0.0861. The Morgan fingerprint density at radius 1 is 1.29 bits per heavy atom. The second kappa shape index (κ2) is 7.80. The van der Waals surface area contributed by atoms with E-state index in [9.17, 15) is 4.79 Å². The first-order valence-electron chi connectivity index (χ1n) is 5.64. The monoisotopic (exact) mass is 200 g/mol. The van der Waals surface area contributed by atoms with Crippen molar-refractivity contribution in [3.05, 3.63) is 0 Å². The predicted molar refractivity (Wildman–Crippen MR) is 60.0 cm³/mol. The quantitative estimate of drug-likeness (QED) is 0.637. The summed E-state index contributed by atoms with van der Waals surface area (Å²) in [5.74, 6) is 0.0861. The summed E-state index contributed by atoms with van der Waals surface area (Å²) in [5.41, 5.74) is 5.80. The second-order valence-corrected chi connectivity index (χ2v) is 3.86. The van der Waals surface area contributed by atoms with Gasteiger partial charge in [-0.3, -0.25) is 4.79 Å². The van der Waals surface area contributed by atoms with Crippen molar-refractivity contribution in [1.29, 1.82) is 0 Å². The van der Waals surface area contributed by atoms with Gasteiger partial charge in [-0.25, -0.2) is 0 Å². The van der Waals surface area contributed by atoms with Crippen LogP contribution in [0.2, 0.25) is 0 Å². The zero-order valence-corrected chi connectivity index (χ0v) is 9.75. The molecule has 0 saturated heterocycles. The van der Waals surface area contributed by atoms with Crippen LogP contribution in [0.25, 0.3) is 0 Å². The normalized spacial score (nSPS) is 12.6. The molecule has 1 unspecified atom stereocenters. The number of rotatable bonds is 7. The number of carbonyl (C=O) groups excluding carboxylic acids is 1. The zero-order chi connectivity index (χ0) is 11.0. The molecule has 0 aromatic heterocycles. The largest absolute Gasteiger partial charge is 0.344 e. The lowest BCUT2D eigenvalue weighted by Crippen LogP contribution is -2.41. The number of hydrogen-bond acceptors (Lipinski definition) is 2. The van der Waals surface area contributed by atoms with Crippen molar-refractivity contribution >= 4 is 5.91 Å². The molecule has 0 aromatic carbocycles. The lowest BCUT2D eigenvalue weighted by molar-refractivity contribution is -0.131. The zero-order valence-electron chi connectivity index (χ0n) is 9.75. The van der Waals surface area contributed by atoms with Gasteiger partial charge in [0.1, 0.15) is 0 Å². The van der Waals surface area contributed by atoms with Crippen molar-refractivity contribution in [1.82, 2.24) is 4.90 Å². The van der Waals surface area contributed by atoms with Crippen LogP contribution >= 0.6 is 0 Å². The Kier molecular flexibility index (Phi) is 7.48. The van der Waals surface area contributed by atoms with Crippen molar-refractivity contribution in [3.8, 4) is 0 Å². The van der Waals surface area contributed by atoms with Crippen molar-refractivity contribution in [2.24, 2.45) is 5.73 Å². The van der Waals surface area contributed by atoms with E-state index in [4.69, 9.17) is 5.73 Å². The van der Waals surface area contributed by atoms with E-state index in [2.05, 4.69) is 13.8 Å². The molecule has 1 atom stereocenters. The number of unbranched alkanes of at least 4 members (excludes halogenated alkanes) is 2. The van der Waals surface area contributed by atoms with E-state index in [1.807, 2.05) is 7.05 Å². The van der Waals surface area contributed by atoms with E-state index in [0.29, 0.717) is 0 Å². The maximum absolute atomic E-state index is 11.6.